The van der Waals surface area contributed by atoms with Gasteiger partial charge in [0.15, 0.2) is 0 Å². The highest BCUT2D eigenvalue weighted by atomic mass is 79.9. The number of hydrogen-bond donors (Lipinski definition) is 1. The van der Waals surface area contributed by atoms with Gasteiger partial charge < -0.3 is 14.5 Å². The molecule has 0 atom stereocenters. The van der Waals surface area contributed by atoms with E-state index in [0.717, 1.165) is 34.5 Å². The van der Waals surface area contributed by atoms with Crippen LogP contribution in [0, 0.1) is 13.8 Å². The molecule has 0 saturated carbocycles. The Morgan fingerprint density at radius 2 is 2.11 bits per heavy atom. The van der Waals surface area contributed by atoms with Crippen molar-refractivity contribution in [3.8, 4) is 0 Å². The molecule has 1 N–H and O–H groups in total. The maximum Gasteiger partial charge on any atom is 0.135 e. The van der Waals surface area contributed by atoms with Crippen LogP contribution in [0.25, 0.3) is 11.0 Å². The topological polar surface area (TPSA) is 34.4 Å². The first kappa shape index (κ1) is 14.6. The first-order chi connectivity index (χ1) is 9.10. The molecule has 0 aliphatic heterocycles. The van der Waals surface area contributed by atoms with Crippen LogP contribution in [0.1, 0.15) is 29.4 Å². The van der Waals surface area contributed by atoms with E-state index < -0.39 is 0 Å². The molecule has 0 fully saturated rings. The molecule has 1 heterocycles. The van der Waals surface area contributed by atoms with Crippen LogP contribution in [0.4, 0.5) is 0 Å². The number of hydrogen-bond acceptors (Lipinski definition) is 3. The number of halogens is 1. The van der Waals surface area contributed by atoms with Gasteiger partial charge >= 0.3 is 0 Å². The number of ether oxygens (including phenoxy) is 1. The van der Waals surface area contributed by atoms with Crippen molar-refractivity contribution in [2.45, 2.75) is 33.9 Å². The molecule has 19 heavy (non-hydrogen) atoms. The van der Waals surface area contributed by atoms with Crippen LogP contribution in [0.2, 0.25) is 0 Å². The summed E-state index contributed by atoms with van der Waals surface area (Å²) in [5, 5.41) is 4.49. The molecule has 3 nitrogen and oxygen atoms in total. The number of rotatable bonds is 5. The van der Waals surface area contributed by atoms with E-state index in [-0.39, 0.29) is 0 Å². The summed E-state index contributed by atoms with van der Waals surface area (Å²) in [5.41, 5.74) is 4.50. The van der Waals surface area contributed by atoms with E-state index in [1.165, 1.54) is 16.5 Å². The van der Waals surface area contributed by atoms with Gasteiger partial charge in [0.1, 0.15) is 11.3 Å². The maximum atomic E-state index is 6.01. The van der Waals surface area contributed by atoms with Crippen molar-refractivity contribution >= 4 is 26.9 Å². The number of furan rings is 1. The summed E-state index contributed by atoms with van der Waals surface area (Å²) in [6.07, 6.45) is 0. The Balaban J connectivity index is 2.63. The van der Waals surface area contributed by atoms with Crippen molar-refractivity contribution in [3.63, 3.8) is 0 Å². The SMILES string of the molecule is CCNCc1oc2cc(C)c(Br)c(C)c2c1COC. The standard InChI is InChI=1S/C15H20BrNO2/c1-5-17-7-13-11(8-18-4)14-10(3)15(16)9(2)6-12(14)19-13/h6,17H,5,7-8H2,1-4H3. The highest BCUT2D eigenvalue weighted by Gasteiger charge is 2.18. The minimum Gasteiger partial charge on any atom is -0.459 e. The number of fused-ring (bicyclic) bond motifs is 1. The lowest BCUT2D eigenvalue weighted by Crippen LogP contribution is -2.12. The van der Waals surface area contributed by atoms with E-state index in [1.54, 1.807) is 7.11 Å². The van der Waals surface area contributed by atoms with Gasteiger partial charge in [0.05, 0.1) is 13.2 Å². The van der Waals surface area contributed by atoms with Crippen LogP contribution in [0.15, 0.2) is 15.0 Å². The van der Waals surface area contributed by atoms with Gasteiger partial charge in [0.25, 0.3) is 0 Å². The third-order valence-corrected chi connectivity index (χ3v) is 4.56. The highest BCUT2D eigenvalue weighted by Crippen LogP contribution is 2.35. The van der Waals surface area contributed by atoms with Crippen LogP contribution in [-0.2, 0) is 17.9 Å². The van der Waals surface area contributed by atoms with E-state index in [9.17, 15) is 0 Å². The molecule has 104 valence electrons. The van der Waals surface area contributed by atoms with Gasteiger partial charge in [0.2, 0.25) is 0 Å². The quantitative estimate of drug-likeness (QED) is 0.899. The number of nitrogens with one attached hydrogen (secondary N) is 1. The van der Waals surface area contributed by atoms with Crippen molar-refractivity contribution < 1.29 is 9.15 Å². The van der Waals surface area contributed by atoms with Gasteiger partial charge in [0, 0.05) is 22.5 Å². The lowest BCUT2D eigenvalue weighted by Gasteiger charge is -2.06. The van der Waals surface area contributed by atoms with Crippen LogP contribution in [0.5, 0.6) is 0 Å². The molecule has 0 radical (unpaired) electrons. The van der Waals surface area contributed by atoms with E-state index in [4.69, 9.17) is 9.15 Å². The summed E-state index contributed by atoms with van der Waals surface area (Å²) in [5.74, 6) is 0.972. The summed E-state index contributed by atoms with van der Waals surface area (Å²) in [4.78, 5) is 0. The molecule has 1 aromatic carbocycles. The third-order valence-electron chi connectivity index (χ3n) is 3.34. The first-order valence-electron chi connectivity index (χ1n) is 6.49. The Labute approximate surface area is 122 Å². The van der Waals surface area contributed by atoms with Crippen LogP contribution in [0.3, 0.4) is 0 Å². The predicted octanol–water partition coefficient (Wildman–Crippen LogP) is 4.07. The normalized spacial score (nSPS) is 11.4. The van der Waals surface area contributed by atoms with Crippen LogP contribution in [-0.4, -0.2) is 13.7 Å². The number of benzene rings is 1. The molecular weight excluding hydrogens is 306 g/mol. The molecule has 0 spiro atoms. The molecule has 0 saturated heterocycles. The minimum absolute atomic E-state index is 0.573. The number of aryl methyl sites for hydroxylation is 2. The van der Waals surface area contributed by atoms with Gasteiger partial charge in [-0.3, -0.25) is 0 Å². The molecule has 0 unspecified atom stereocenters. The van der Waals surface area contributed by atoms with Crippen molar-refractivity contribution in [3.05, 3.63) is 33.0 Å². The second kappa shape index (κ2) is 6.07. The van der Waals surface area contributed by atoms with E-state index in [1.807, 2.05) is 0 Å². The molecule has 0 aliphatic rings. The van der Waals surface area contributed by atoms with Crippen molar-refractivity contribution in [2.75, 3.05) is 13.7 Å². The average Bonchev–Trinajstić information content (AvgIpc) is 2.72. The first-order valence-corrected chi connectivity index (χ1v) is 7.29. The lowest BCUT2D eigenvalue weighted by atomic mass is 10.0. The second-order valence-corrected chi connectivity index (χ2v) is 5.52. The fourth-order valence-corrected chi connectivity index (χ4v) is 2.70. The van der Waals surface area contributed by atoms with E-state index in [0.29, 0.717) is 6.61 Å². The Hall–Kier alpha value is -0.840. The zero-order valence-corrected chi connectivity index (χ0v) is 13.5. The van der Waals surface area contributed by atoms with Crippen molar-refractivity contribution in [1.29, 1.82) is 0 Å². The minimum atomic E-state index is 0.573. The average molecular weight is 326 g/mol. The van der Waals surface area contributed by atoms with Gasteiger partial charge in [-0.15, -0.1) is 0 Å². The molecule has 0 aliphatic carbocycles. The summed E-state index contributed by atoms with van der Waals surface area (Å²) in [7, 11) is 1.72. The Morgan fingerprint density at radius 1 is 1.37 bits per heavy atom. The second-order valence-electron chi connectivity index (χ2n) is 4.72. The summed E-state index contributed by atoms with van der Waals surface area (Å²) >= 11 is 3.65. The van der Waals surface area contributed by atoms with Crippen molar-refractivity contribution in [1.82, 2.24) is 5.32 Å². The molecule has 2 rings (SSSR count). The zero-order chi connectivity index (χ0) is 14.0. The summed E-state index contributed by atoms with van der Waals surface area (Å²) in [6, 6.07) is 2.08. The van der Waals surface area contributed by atoms with Crippen LogP contribution >= 0.6 is 15.9 Å². The molecule has 0 amide bonds. The van der Waals surface area contributed by atoms with Crippen LogP contribution < -0.4 is 5.32 Å². The molecule has 1 aromatic heterocycles. The Bertz CT molecular complexity index is 590. The smallest absolute Gasteiger partial charge is 0.135 e. The van der Waals surface area contributed by atoms with E-state index in [2.05, 4.69) is 48.1 Å². The molecule has 2 aromatic rings. The molecular formula is C15H20BrNO2. The summed E-state index contributed by atoms with van der Waals surface area (Å²) in [6.45, 7) is 8.52. The van der Waals surface area contributed by atoms with Crippen molar-refractivity contribution in [2.24, 2.45) is 0 Å². The monoisotopic (exact) mass is 325 g/mol. The predicted molar refractivity (Wildman–Crippen MR) is 81.5 cm³/mol. The van der Waals surface area contributed by atoms with Gasteiger partial charge in [-0.1, -0.05) is 22.9 Å². The third kappa shape index (κ3) is 2.71. The lowest BCUT2D eigenvalue weighted by molar-refractivity contribution is 0.183. The highest BCUT2D eigenvalue weighted by molar-refractivity contribution is 9.10. The Kier molecular flexibility index (Phi) is 4.66. The van der Waals surface area contributed by atoms with Gasteiger partial charge in [-0.05, 0) is 37.6 Å². The van der Waals surface area contributed by atoms with E-state index >= 15 is 0 Å². The largest absolute Gasteiger partial charge is 0.459 e. The zero-order valence-electron chi connectivity index (χ0n) is 11.9. The van der Waals surface area contributed by atoms with Gasteiger partial charge in [-0.2, -0.15) is 0 Å². The maximum absolute atomic E-state index is 6.01. The molecule has 4 heteroatoms. The Morgan fingerprint density at radius 3 is 2.74 bits per heavy atom. The molecule has 0 bridgehead atoms. The number of methoxy groups -OCH3 is 1. The van der Waals surface area contributed by atoms with Gasteiger partial charge in [-0.25, -0.2) is 0 Å². The fraction of sp³-hybridized carbons (Fsp3) is 0.467. The fourth-order valence-electron chi connectivity index (χ4n) is 2.39. The summed E-state index contributed by atoms with van der Waals surface area (Å²) < 4.78 is 12.5.